The van der Waals surface area contributed by atoms with Gasteiger partial charge < -0.3 is 15.0 Å². The number of ether oxygens (including phenoxy) is 1. The molecule has 0 unspecified atom stereocenters. The van der Waals surface area contributed by atoms with Gasteiger partial charge in [0.15, 0.2) is 6.61 Å². The third kappa shape index (κ3) is 5.32. The predicted molar refractivity (Wildman–Crippen MR) is 114 cm³/mol. The number of carbonyl (C=O) groups excluding carboxylic acids is 3. The second kappa shape index (κ2) is 10.0. The normalized spacial score (nSPS) is 10.2. The van der Waals surface area contributed by atoms with E-state index >= 15 is 0 Å². The van der Waals surface area contributed by atoms with Gasteiger partial charge in [-0.3, -0.25) is 9.59 Å². The quantitative estimate of drug-likeness (QED) is 0.615. The summed E-state index contributed by atoms with van der Waals surface area (Å²) < 4.78 is 5.13. The smallest absolute Gasteiger partial charge is 0.339 e. The molecule has 0 radical (unpaired) electrons. The average Bonchev–Trinajstić information content (AvgIpc) is 2.81. The Morgan fingerprint density at radius 2 is 1.37 bits per heavy atom. The first kappa shape index (κ1) is 20.8. The van der Waals surface area contributed by atoms with Gasteiger partial charge >= 0.3 is 5.97 Å². The molecule has 30 heavy (non-hydrogen) atoms. The van der Waals surface area contributed by atoms with Gasteiger partial charge in [-0.25, -0.2) is 4.79 Å². The molecule has 0 spiro atoms. The van der Waals surface area contributed by atoms with Crippen LogP contribution in [0.4, 0.5) is 5.69 Å². The van der Waals surface area contributed by atoms with Gasteiger partial charge in [0, 0.05) is 19.3 Å². The number of hydrogen-bond donors (Lipinski definition) is 1. The highest BCUT2D eigenvalue weighted by Gasteiger charge is 2.22. The number of hydrogen-bond acceptors (Lipinski definition) is 4. The van der Waals surface area contributed by atoms with E-state index in [0.717, 1.165) is 5.56 Å². The van der Waals surface area contributed by atoms with Crippen LogP contribution in [0.5, 0.6) is 0 Å². The van der Waals surface area contributed by atoms with E-state index in [1.807, 2.05) is 48.5 Å². The van der Waals surface area contributed by atoms with Gasteiger partial charge in [0.05, 0.1) is 11.1 Å². The Hall–Kier alpha value is -3.93. The molecule has 0 atom stereocenters. The van der Waals surface area contributed by atoms with Gasteiger partial charge in [-0.1, -0.05) is 60.7 Å². The first-order valence-corrected chi connectivity index (χ1v) is 9.46. The van der Waals surface area contributed by atoms with Crippen LogP contribution in [0.3, 0.4) is 0 Å². The summed E-state index contributed by atoms with van der Waals surface area (Å²) in [6.45, 7) is -0.0864. The largest absolute Gasteiger partial charge is 0.452 e. The summed E-state index contributed by atoms with van der Waals surface area (Å²) >= 11 is 0. The fourth-order valence-electron chi connectivity index (χ4n) is 2.85. The highest BCUT2D eigenvalue weighted by atomic mass is 16.5. The Labute approximate surface area is 175 Å². The van der Waals surface area contributed by atoms with Crippen LogP contribution < -0.4 is 10.2 Å². The Morgan fingerprint density at radius 1 is 0.800 bits per heavy atom. The third-order valence-corrected chi connectivity index (χ3v) is 4.49. The molecule has 0 fully saturated rings. The van der Waals surface area contributed by atoms with E-state index in [2.05, 4.69) is 5.32 Å². The lowest BCUT2D eigenvalue weighted by molar-refractivity contribution is -0.124. The summed E-state index contributed by atoms with van der Waals surface area (Å²) in [6.07, 6.45) is 0. The van der Waals surface area contributed by atoms with Crippen molar-refractivity contribution in [2.24, 2.45) is 0 Å². The summed E-state index contributed by atoms with van der Waals surface area (Å²) in [4.78, 5) is 38.9. The van der Waals surface area contributed by atoms with Gasteiger partial charge in [-0.2, -0.15) is 0 Å². The summed E-state index contributed by atoms with van der Waals surface area (Å²) in [7, 11) is 1.64. The van der Waals surface area contributed by atoms with Crippen molar-refractivity contribution in [2.75, 3.05) is 18.6 Å². The van der Waals surface area contributed by atoms with Crippen LogP contribution in [0, 0.1) is 0 Å². The van der Waals surface area contributed by atoms with Crippen molar-refractivity contribution >= 4 is 23.5 Å². The van der Waals surface area contributed by atoms with Crippen molar-refractivity contribution in [3.05, 3.63) is 102 Å². The molecule has 0 bridgehead atoms. The lowest BCUT2D eigenvalue weighted by Gasteiger charge is -2.18. The monoisotopic (exact) mass is 402 g/mol. The zero-order valence-corrected chi connectivity index (χ0v) is 16.6. The predicted octanol–water partition coefficient (Wildman–Crippen LogP) is 3.44. The molecule has 3 rings (SSSR count). The summed E-state index contributed by atoms with van der Waals surface area (Å²) in [6, 6.07) is 24.9. The number of anilines is 1. The molecule has 2 amide bonds. The van der Waals surface area contributed by atoms with Crippen LogP contribution in [0.2, 0.25) is 0 Å². The number of amides is 2. The van der Waals surface area contributed by atoms with Crippen LogP contribution >= 0.6 is 0 Å². The highest BCUT2D eigenvalue weighted by Crippen LogP contribution is 2.18. The molecule has 1 N–H and O–H groups in total. The standard InChI is InChI=1S/C24H22N2O4/c1-26(19-12-6-3-7-13-19)23(28)20-14-8-9-15-21(20)24(29)30-17-22(27)25-16-18-10-4-2-5-11-18/h2-15H,16-17H2,1H3,(H,25,27). The van der Waals surface area contributed by atoms with E-state index in [1.54, 1.807) is 37.4 Å². The second-order valence-electron chi connectivity index (χ2n) is 6.58. The molecule has 0 aliphatic carbocycles. The van der Waals surface area contributed by atoms with Crippen LogP contribution in [-0.2, 0) is 16.1 Å². The van der Waals surface area contributed by atoms with Crippen molar-refractivity contribution in [2.45, 2.75) is 6.54 Å². The number of para-hydroxylation sites is 1. The van der Waals surface area contributed by atoms with E-state index < -0.39 is 18.5 Å². The molecule has 3 aromatic rings. The van der Waals surface area contributed by atoms with Crippen LogP contribution in [-0.4, -0.2) is 31.4 Å². The average molecular weight is 402 g/mol. The van der Waals surface area contributed by atoms with E-state index in [-0.39, 0.29) is 17.0 Å². The Bertz CT molecular complexity index is 1020. The minimum Gasteiger partial charge on any atom is -0.452 e. The first-order chi connectivity index (χ1) is 14.6. The highest BCUT2D eigenvalue weighted by molar-refractivity contribution is 6.12. The van der Waals surface area contributed by atoms with Crippen molar-refractivity contribution in [1.29, 1.82) is 0 Å². The third-order valence-electron chi connectivity index (χ3n) is 4.49. The summed E-state index contributed by atoms with van der Waals surface area (Å²) in [5.74, 6) is -1.49. The maximum Gasteiger partial charge on any atom is 0.339 e. The fourth-order valence-corrected chi connectivity index (χ4v) is 2.85. The Balaban J connectivity index is 1.62. The molecule has 6 nitrogen and oxygen atoms in total. The summed E-state index contributed by atoms with van der Waals surface area (Å²) in [5.41, 5.74) is 1.96. The molecule has 152 valence electrons. The molecule has 0 saturated carbocycles. The van der Waals surface area contributed by atoms with E-state index in [4.69, 9.17) is 4.74 Å². The maximum atomic E-state index is 12.9. The summed E-state index contributed by atoms with van der Waals surface area (Å²) in [5, 5.41) is 2.69. The molecule has 6 heteroatoms. The van der Waals surface area contributed by atoms with Crippen LogP contribution in [0.25, 0.3) is 0 Å². The number of rotatable bonds is 7. The first-order valence-electron chi connectivity index (χ1n) is 9.46. The zero-order valence-electron chi connectivity index (χ0n) is 16.6. The minimum atomic E-state index is -0.727. The molecule has 0 aliphatic rings. The molecular weight excluding hydrogens is 380 g/mol. The van der Waals surface area contributed by atoms with Crippen molar-refractivity contribution < 1.29 is 19.1 Å². The van der Waals surface area contributed by atoms with E-state index in [0.29, 0.717) is 12.2 Å². The van der Waals surface area contributed by atoms with Gasteiger partial charge in [-0.15, -0.1) is 0 Å². The van der Waals surface area contributed by atoms with Crippen molar-refractivity contribution in [3.63, 3.8) is 0 Å². The van der Waals surface area contributed by atoms with Gasteiger partial charge in [-0.05, 0) is 29.8 Å². The van der Waals surface area contributed by atoms with E-state index in [9.17, 15) is 14.4 Å². The lowest BCUT2D eigenvalue weighted by atomic mass is 10.1. The fraction of sp³-hybridized carbons (Fsp3) is 0.125. The topological polar surface area (TPSA) is 75.7 Å². The van der Waals surface area contributed by atoms with Crippen molar-refractivity contribution in [1.82, 2.24) is 5.32 Å². The lowest BCUT2D eigenvalue weighted by Crippen LogP contribution is -2.30. The molecule has 0 aromatic heterocycles. The van der Waals surface area contributed by atoms with Gasteiger partial charge in [0.1, 0.15) is 0 Å². The molecule has 0 heterocycles. The second-order valence-corrected chi connectivity index (χ2v) is 6.58. The minimum absolute atomic E-state index is 0.112. The molecular formula is C24H22N2O4. The number of benzene rings is 3. The Morgan fingerprint density at radius 3 is 2.03 bits per heavy atom. The molecule has 3 aromatic carbocycles. The van der Waals surface area contributed by atoms with Crippen LogP contribution in [0.1, 0.15) is 26.3 Å². The molecule has 0 saturated heterocycles. The van der Waals surface area contributed by atoms with Gasteiger partial charge in [0.2, 0.25) is 0 Å². The van der Waals surface area contributed by atoms with Crippen molar-refractivity contribution in [3.8, 4) is 0 Å². The Kier molecular flexibility index (Phi) is 6.95. The SMILES string of the molecule is CN(C(=O)c1ccccc1C(=O)OCC(=O)NCc1ccccc1)c1ccccc1. The van der Waals surface area contributed by atoms with E-state index in [1.165, 1.54) is 11.0 Å². The number of esters is 1. The number of nitrogens with one attached hydrogen (secondary N) is 1. The number of nitrogens with zero attached hydrogens (tertiary/aromatic N) is 1. The van der Waals surface area contributed by atoms with Gasteiger partial charge in [0.25, 0.3) is 11.8 Å². The maximum absolute atomic E-state index is 12.9. The zero-order chi connectivity index (χ0) is 21.3. The number of carbonyl (C=O) groups is 3. The molecule has 0 aliphatic heterocycles. The van der Waals surface area contributed by atoms with Crippen LogP contribution in [0.15, 0.2) is 84.9 Å².